The number of hydrogen-bond donors (Lipinski definition) is 1. The van der Waals surface area contributed by atoms with Gasteiger partial charge in [0.1, 0.15) is 30.5 Å². The monoisotopic (exact) mass is 437 g/mol. The van der Waals surface area contributed by atoms with Crippen molar-refractivity contribution >= 4 is 35.3 Å². The Kier molecular flexibility index (Phi) is 5.77. The highest BCUT2D eigenvalue weighted by Crippen LogP contribution is 2.28. The molecule has 0 atom stereocenters. The summed E-state index contributed by atoms with van der Waals surface area (Å²) >= 11 is 6.34. The van der Waals surface area contributed by atoms with Crippen LogP contribution in [0.4, 0.5) is 0 Å². The Morgan fingerprint density at radius 1 is 1.16 bits per heavy atom. The number of halogens is 1. The number of nitrogens with one attached hydrogen (secondary N) is 1. The first-order valence-electron chi connectivity index (χ1n) is 9.62. The molecule has 0 aliphatic carbocycles. The third-order valence-electron chi connectivity index (χ3n) is 4.55. The van der Waals surface area contributed by atoms with Crippen LogP contribution in [0, 0.1) is 12.3 Å². The number of carbonyl (C=O) groups is 1. The largest absolute Gasteiger partial charge is 0.490 e. The molecule has 31 heavy (non-hydrogen) atoms. The normalized spacial score (nSPS) is 16.6. The molecule has 0 aromatic heterocycles. The molecule has 0 bridgehead atoms. The number of amidine groups is 2. The zero-order valence-electron chi connectivity index (χ0n) is 17.0. The van der Waals surface area contributed by atoms with Crippen LogP contribution in [0.1, 0.15) is 18.1 Å². The second-order valence-corrected chi connectivity index (χ2v) is 7.43. The maximum atomic E-state index is 12.3. The maximum absolute atomic E-state index is 12.3. The van der Waals surface area contributed by atoms with E-state index in [2.05, 4.69) is 4.99 Å². The lowest BCUT2D eigenvalue weighted by molar-refractivity contribution is -0.114. The molecule has 0 radical (unpaired) electrons. The van der Waals surface area contributed by atoms with Gasteiger partial charge >= 0.3 is 0 Å². The number of nitrogens with zero attached hydrogens (tertiary/aromatic N) is 2. The molecule has 0 fully saturated rings. The van der Waals surface area contributed by atoms with E-state index >= 15 is 0 Å². The standard InChI is InChI=1S/C23H20ClN3O4/c1-14-4-3-5-17(10-14)29-8-9-30-20-7-6-16(13-19(20)24)12-18-22(25)27-21(26-23(18)28)11-15(2)31-27/h3-7,10-13,25H,8-9H2,1-2H3/b18-12-,25-22?. The SMILES string of the molecule is CC1=CC2=NC(=O)/C(=C\c3ccc(OCCOc4cccc(C)c4)c(Cl)c3)C(=N)N2O1. The molecule has 0 saturated carbocycles. The fourth-order valence-corrected chi connectivity index (χ4v) is 3.35. The van der Waals surface area contributed by atoms with Crippen LogP contribution in [0.3, 0.4) is 0 Å². The molecule has 2 aromatic carbocycles. The van der Waals surface area contributed by atoms with E-state index in [-0.39, 0.29) is 11.4 Å². The molecule has 7 nitrogen and oxygen atoms in total. The van der Waals surface area contributed by atoms with Crippen LogP contribution in [0.5, 0.6) is 11.5 Å². The summed E-state index contributed by atoms with van der Waals surface area (Å²) in [4.78, 5) is 21.7. The maximum Gasteiger partial charge on any atom is 0.282 e. The Labute approximate surface area is 184 Å². The number of amides is 1. The Morgan fingerprint density at radius 3 is 2.74 bits per heavy atom. The molecule has 0 spiro atoms. The highest BCUT2D eigenvalue weighted by Gasteiger charge is 2.34. The molecule has 1 N–H and O–H groups in total. The molecule has 2 aromatic rings. The van der Waals surface area contributed by atoms with Gasteiger partial charge in [0.15, 0.2) is 11.7 Å². The molecule has 158 valence electrons. The molecule has 2 aliphatic rings. The first-order chi connectivity index (χ1) is 14.9. The lowest BCUT2D eigenvalue weighted by Gasteiger charge is -2.23. The van der Waals surface area contributed by atoms with Crippen LogP contribution < -0.4 is 9.47 Å². The number of hydrogen-bond acceptors (Lipinski definition) is 5. The first kappa shape index (κ1) is 20.7. The van der Waals surface area contributed by atoms with E-state index in [1.54, 1.807) is 37.3 Å². The molecule has 2 aliphatic heterocycles. The zero-order valence-corrected chi connectivity index (χ0v) is 17.8. The van der Waals surface area contributed by atoms with Crippen molar-refractivity contribution < 1.29 is 19.1 Å². The van der Waals surface area contributed by atoms with Gasteiger partial charge in [-0.05, 0) is 55.3 Å². The average molecular weight is 438 g/mol. The fourth-order valence-electron chi connectivity index (χ4n) is 3.11. The smallest absolute Gasteiger partial charge is 0.282 e. The van der Waals surface area contributed by atoms with Crippen molar-refractivity contribution in [2.45, 2.75) is 13.8 Å². The van der Waals surface area contributed by atoms with Crippen LogP contribution in [0.15, 0.2) is 64.9 Å². The Bertz CT molecular complexity index is 1150. The summed E-state index contributed by atoms with van der Waals surface area (Å²) < 4.78 is 11.4. The van der Waals surface area contributed by atoms with E-state index in [1.165, 1.54) is 5.06 Å². The number of rotatable bonds is 6. The summed E-state index contributed by atoms with van der Waals surface area (Å²) in [6.07, 6.45) is 3.16. The van der Waals surface area contributed by atoms with Crippen molar-refractivity contribution in [3.63, 3.8) is 0 Å². The van der Waals surface area contributed by atoms with E-state index < -0.39 is 5.91 Å². The lowest BCUT2D eigenvalue weighted by Crippen LogP contribution is -2.38. The van der Waals surface area contributed by atoms with Crippen LogP contribution >= 0.6 is 11.6 Å². The van der Waals surface area contributed by atoms with Crippen LogP contribution in [-0.2, 0) is 9.63 Å². The number of hydroxylamine groups is 2. The number of fused-ring (bicyclic) bond motifs is 1. The molecular formula is C23H20ClN3O4. The molecule has 2 heterocycles. The second kappa shape index (κ2) is 8.65. The van der Waals surface area contributed by atoms with Gasteiger partial charge in [0.2, 0.25) is 0 Å². The minimum Gasteiger partial charge on any atom is -0.490 e. The summed E-state index contributed by atoms with van der Waals surface area (Å²) in [6.45, 7) is 4.43. The van der Waals surface area contributed by atoms with Crippen molar-refractivity contribution in [3.05, 3.63) is 76.0 Å². The summed E-state index contributed by atoms with van der Waals surface area (Å²) in [5.74, 6) is 1.58. The van der Waals surface area contributed by atoms with Gasteiger partial charge in [-0.25, -0.2) is 0 Å². The van der Waals surface area contributed by atoms with E-state index in [1.807, 2.05) is 31.2 Å². The van der Waals surface area contributed by atoms with Crippen molar-refractivity contribution in [2.75, 3.05) is 13.2 Å². The van der Waals surface area contributed by atoms with Gasteiger partial charge in [0.25, 0.3) is 5.91 Å². The molecule has 0 saturated heterocycles. The van der Waals surface area contributed by atoms with E-state index in [0.717, 1.165) is 11.3 Å². The number of carbonyl (C=O) groups excluding carboxylic acids is 1. The van der Waals surface area contributed by atoms with Crippen LogP contribution in [0.2, 0.25) is 5.02 Å². The summed E-state index contributed by atoms with van der Waals surface area (Å²) in [6, 6.07) is 12.9. The fraction of sp³-hybridized carbons (Fsp3) is 0.174. The number of allylic oxidation sites excluding steroid dienone is 1. The molecule has 1 amide bonds. The summed E-state index contributed by atoms with van der Waals surface area (Å²) in [5, 5.41) is 9.87. The first-order valence-corrected chi connectivity index (χ1v) is 10.0. The lowest BCUT2D eigenvalue weighted by atomic mass is 10.1. The Hall–Kier alpha value is -3.58. The van der Waals surface area contributed by atoms with Gasteiger partial charge in [-0.2, -0.15) is 4.99 Å². The second-order valence-electron chi connectivity index (χ2n) is 7.03. The Morgan fingerprint density at radius 2 is 1.97 bits per heavy atom. The van der Waals surface area contributed by atoms with Gasteiger partial charge in [0.05, 0.1) is 10.6 Å². The van der Waals surface area contributed by atoms with Crippen molar-refractivity contribution in [3.8, 4) is 11.5 Å². The van der Waals surface area contributed by atoms with Gasteiger partial charge < -0.3 is 14.3 Å². The van der Waals surface area contributed by atoms with Gasteiger partial charge in [-0.1, -0.05) is 29.8 Å². The van der Waals surface area contributed by atoms with E-state index in [4.69, 9.17) is 31.3 Å². The van der Waals surface area contributed by atoms with Gasteiger partial charge in [0, 0.05) is 6.08 Å². The minimum absolute atomic E-state index is 0.0761. The molecular weight excluding hydrogens is 418 g/mol. The van der Waals surface area contributed by atoms with E-state index in [9.17, 15) is 4.79 Å². The number of benzene rings is 2. The van der Waals surface area contributed by atoms with Crippen molar-refractivity contribution in [1.29, 1.82) is 5.41 Å². The van der Waals surface area contributed by atoms with Crippen molar-refractivity contribution in [2.24, 2.45) is 4.99 Å². The highest BCUT2D eigenvalue weighted by atomic mass is 35.5. The third-order valence-corrected chi connectivity index (χ3v) is 4.84. The quantitative estimate of drug-likeness (QED) is 0.529. The average Bonchev–Trinajstić information content (AvgIpc) is 3.10. The predicted molar refractivity (Wildman–Crippen MR) is 118 cm³/mol. The summed E-state index contributed by atoms with van der Waals surface area (Å²) in [5.41, 5.74) is 1.88. The molecule has 8 heteroatoms. The van der Waals surface area contributed by atoms with E-state index in [0.29, 0.717) is 41.1 Å². The number of aliphatic imine (C=N–C) groups is 1. The van der Waals surface area contributed by atoms with Gasteiger partial charge in [-0.3, -0.25) is 10.2 Å². The molecule has 4 rings (SSSR count). The number of aryl methyl sites for hydroxylation is 1. The molecule has 0 unspecified atom stereocenters. The third kappa shape index (κ3) is 4.62. The summed E-state index contributed by atoms with van der Waals surface area (Å²) in [7, 11) is 0. The van der Waals surface area contributed by atoms with Gasteiger partial charge in [-0.15, -0.1) is 5.06 Å². The van der Waals surface area contributed by atoms with Crippen LogP contribution in [-0.4, -0.2) is 35.9 Å². The predicted octanol–water partition coefficient (Wildman–Crippen LogP) is 4.56. The van der Waals surface area contributed by atoms with Crippen LogP contribution in [0.25, 0.3) is 6.08 Å². The number of ether oxygens (including phenoxy) is 2. The Balaban J connectivity index is 1.40. The van der Waals surface area contributed by atoms with Crippen molar-refractivity contribution in [1.82, 2.24) is 5.06 Å². The zero-order chi connectivity index (χ0) is 22.0. The topological polar surface area (TPSA) is 84.2 Å². The highest BCUT2D eigenvalue weighted by molar-refractivity contribution is 6.33. The minimum atomic E-state index is -0.504.